The SMILES string of the molecule is CCCCOc1ccccc1CNNc1ccccc1. The molecule has 0 radical (unpaired) electrons. The lowest BCUT2D eigenvalue weighted by Gasteiger charge is -2.13. The van der Waals surface area contributed by atoms with Crippen molar-refractivity contribution >= 4 is 5.69 Å². The molecule has 0 unspecified atom stereocenters. The first-order chi connectivity index (χ1) is 9.90. The lowest BCUT2D eigenvalue weighted by molar-refractivity contribution is 0.306. The van der Waals surface area contributed by atoms with E-state index in [1.54, 1.807) is 0 Å². The molecular weight excluding hydrogens is 248 g/mol. The molecule has 2 rings (SSSR count). The van der Waals surface area contributed by atoms with E-state index >= 15 is 0 Å². The first kappa shape index (κ1) is 14.4. The summed E-state index contributed by atoms with van der Waals surface area (Å²) >= 11 is 0. The quantitative estimate of drug-likeness (QED) is 0.562. The number of hydrogen-bond acceptors (Lipinski definition) is 3. The maximum Gasteiger partial charge on any atom is 0.123 e. The van der Waals surface area contributed by atoms with Gasteiger partial charge >= 0.3 is 0 Å². The van der Waals surface area contributed by atoms with Crippen LogP contribution in [0, 0.1) is 0 Å². The molecule has 3 nitrogen and oxygen atoms in total. The summed E-state index contributed by atoms with van der Waals surface area (Å²) in [5, 5.41) is 0. The second kappa shape index (κ2) is 8.23. The van der Waals surface area contributed by atoms with Crippen molar-refractivity contribution in [3.05, 3.63) is 60.2 Å². The summed E-state index contributed by atoms with van der Waals surface area (Å²) in [6.45, 7) is 3.66. The summed E-state index contributed by atoms with van der Waals surface area (Å²) < 4.78 is 5.81. The van der Waals surface area contributed by atoms with E-state index in [4.69, 9.17) is 4.74 Å². The molecule has 0 aliphatic heterocycles. The van der Waals surface area contributed by atoms with E-state index in [0.717, 1.165) is 43.0 Å². The van der Waals surface area contributed by atoms with Gasteiger partial charge in [0.2, 0.25) is 0 Å². The van der Waals surface area contributed by atoms with Crippen LogP contribution in [0.2, 0.25) is 0 Å². The van der Waals surface area contributed by atoms with Crippen LogP contribution in [0.5, 0.6) is 5.75 Å². The standard InChI is InChI=1S/C17H22N2O/c1-2-3-13-20-17-12-8-7-9-15(17)14-18-19-16-10-5-4-6-11-16/h4-12,18-19H,2-3,13-14H2,1H3. The van der Waals surface area contributed by atoms with Crippen LogP contribution in [0.25, 0.3) is 0 Å². The van der Waals surface area contributed by atoms with Crippen LogP contribution < -0.4 is 15.6 Å². The molecule has 0 fully saturated rings. The number of para-hydroxylation sites is 2. The average Bonchev–Trinajstić information content (AvgIpc) is 2.50. The normalized spacial score (nSPS) is 10.2. The van der Waals surface area contributed by atoms with Gasteiger partial charge in [-0.2, -0.15) is 0 Å². The van der Waals surface area contributed by atoms with Crippen molar-refractivity contribution in [1.29, 1.82) is 0 Å². The molecule has 3 heteroatoms. The number of anilines is 1. The van der Waals surface area contributed by atoms with Crippen molar-refractivity contribution in [1.82, 2.24) is 5.43 Å². The largest absolute Gasteiger partial charge is 0.493 e. The highest BCUT2D eigenvalue weighted by Crippen LogP contribution is 2.18. The molecular formula is C17H22N2O. The minimum Gasteiger partial charge on any atom is -0.493 e. The Balaban J connectivity index is 1.85. The van der Waals surface area contributed by atoms with E-state index in [1.807, 2.05) is 48.5 Å². The van der Waals surface area contributed by atoms with E-state index in [2.05, 4.69) is 23.8 Å². The summed E-state index contributed by atoms with van der Waals surface area (Å²) in [5.74, 6) is 0.961. The van der Waals surface area contributed by atoms with Crippen LogP contribution in [-0.4, -0.2) is 6.61 Å². The Kier molecular flexibility index (Phi) is 5.93. The maximum atomic E-state index is 5.81. The second-order valence-electron chi connectivity index (χ2n) is 4.65. The number of unbranched alkanes of at least 4 members (excludes halogenated alkanes) is 1. The van der Waals surface area contributed by atoms with Crippen LogP contribution in [0.15, 0.2) is 54.6 Å². The molecule has 2 aromatic rings. The molecule has 0 saturated carbocycles. The molecule has 0 aliphatic rings. The monoisotopic (exact) mass is 270 g/mol. The number of ether oxygens (including phenoxy) is 1. The van der Waals surface area contributed by atoms with Gasteiger partial charge in [0.1, 0.15) is 5.75 Å². The molecule has 0 saturated heterocycles. The van der Waals surface area contributed by atoms with Gasteiger partial charge in [-0.3, -0.25) is 0 Å². The van der Waals surface area contributed by atoms with E-state index in [9.17, 15) is 0 Å². The van der Waals surface area contributed by atoms with E-state index in [0.29, 0.717) is 0 Å². The van der Waals surface area contributed by atoms with Crippen LogP contribution >= 0.6 is 0 Å². The number of rotatable bonds is 8. The maximum absolute atomic E-state index is 5.81. The van der Waals surface area contributed by atoms with Crippen molar-refractivity contribution in [2.24, 2.45) is 0 Å². The van der Waals surface area contributed by atoms with Crippen molar-refractivity contribution in [2.75, 3.05) is 12.0 Å². The molecule has 0 atom stereocenters. The predicted octanol–water partition coefficient (Wildman–Crippen LogP) is 3.98. The Bertz CT molecular complexity index is 499. The lowest BCUT2D eigenvalue weighted by Crippen LogP contribution is -2.21. The van der Waals surface area contributed by atoms with E-state index < -0.39 is 0 Å². The number of hydrogen-bond donors (Lipinski definition) is 2. The highest BCUT2D eigenvalue weighted by Gasteiger charge is 2.02. The summed E-state index contributed by atoms with van der Waals surface area (Å²) in [4.78, 5) is 0. The van der Waals surface area contributed by atoms with Crippen LogP contribution in [0.1, 0.15) is 25.3 Å². The Morgan fingerprint density at radius 2 is 1.70 bits per heavy atom. The van der Waals surface area contributed by atoms with Crippen molar-refractivity contribution in [3.8, 4) is 5.75 Å². The van der Waals surface area contributed by atoms with Crippen molar-refractivity contribution < 1.29 is 4.74 Å². The minimum absolute atomic E-state index is 0.719. The molecule has 0 amide bonds. The van der Waals surface area contributed by atoms with E-state index in [1.165, 1.54) is 0 Å². The van der Waals surface area contributed by atoms with Gasteiger partial charge in [-0.25, -0.2) is 5.43 Å². The fourth-order valence-electron chi connectivity index (χ4n) is 1.88. The van der Waals surface area contributed by atoms with Crippen LogP contribution in [-0.2, 0) is 6.54 Å². The average molecular weight is 270 g/mol. The van der Waals surface area contributed by atoms with Gasteiger partial charge in [0.15, 0.2) is 0 Å². The van der Waals surface area contributed by atoms with Gasteiger partial charge in [0.25, 0.3) is 0 Å². The van der Waals surface area contributed by atoms with Crippen molar-refractivity contribution in [3.63, 3.8) is 0 Å². The Morgan fingerprint density at radius 3 is 2.50 bits per heavy atom. The topological polar surface area (TPSA) is 33.3 Å². The Morgan fingerprint density at radius 1 is 0.950 bits per heavy atom. The Hall–Kier alpha value is -2.00. The second-order valence-corrected chi connectivity index (χ2v) is 4.65. The molecule has 0 bridgehead atoms. The summed E-state index contributed by atoms with van der Waals surface area (Å²) in [7, 11) is 0. The summed E-state index contributed by atoms with van der Waals surface area (Å²) in [6, 6.07) is 18.2. The zero-order chi connectivity index (χ0) is 14.0. The molecule has 20 heavy (non-hydrogen) atoms. The number of hydrazine groups is 1. The van der Waals surface area contributed by atoms with Crippen molar-refractivity contribution in [2.45, 2.75) is 26.3 Å². The molecule has 2 N–H and O–H groups in total. The predicted molar refractivity (Wildman–Crippen MR) is 83.7 cm³/mol. The van der Waals surface area contributed by atoms with Crippen LogP contribution in [0.4, 0.5) is 5.69 Å². The number of nitrogens with one attached hydrogen (secondary N) is 2. The smallest absolute Gasteiger partial charge is 0.123 e. The third-order valence-corrected chi connectivity index (χ3v) is 3.01. The van der Waals surface area contributed by atoms with Gasteiger partial charge in [0.05, 0.1) is 6.61 Å². The molecule has 0 aromatic heterocycles. The molecule has 0 heterocycles. The molecule has 0 aliphatic carbocycles. The molecule has 0 spiro atoms. The zero-order valence-electron chi connectivity index (χ0n) is 11.9. The van der Waals surface area contributed by atoms with Crippen LogP contribution in [0.3, 0.4) is 0 Å². The number of benzene rings is 2. The minimum atomic E-state index is 0.719. The fourth-order valence-corrected chi connectivity index (χ4v) is 1.88. The third kappa shape index (κ3) is 4.59. The zero-order valence-corrected chi connectivity index (χ0v) is 11.9. The van der Waals surface area contributed by atoms with E-state index in [-0.39, 0.29) is 0 Å². The van der Waals surface area contributed by atoms with Gasteiger partial charge in [-0.15, -0.1) is 0 Å². The highest BCUT2D eigenvalue weighted by molar-refractivity contribution is 5.41. The molecule has 106 valence electrons. The first-order valence-corrected chi connectivity index (χ1v) is 7.15. The Labute approximate surface area is 120 Å². The van der Waals surface area contributed by atoms with Gasteiger partial charge < -0.3 is 10.2 Å². The third-order valence-electron chi connectivity index (χ3n) is 3.01. The molecule has 2 aromatic carbocycles. The fraction of sp³-hybridized carbons (Fsp3) is 0.294. The van der Waals surface area contributed by atoms with Gasteiger partial charge in [0, 0.05) is 17.8 Å². The van der Waals surface area contributed by atoms with Gasteiger partial charge in [-0.05, 0) is 24.6 Å². The van der Waals surface area contributed by atoms with Gasteiger partial charge in [-0.1, -0.05) is 49.7 Å². The first-order valence-electron chi connectivity index (χ1n) is 7.15. The lowest BCUT2D eigenvalue weighted by atomic mass is 10.2. The summed E-state index contributed by atoms with van der Waals surface area (Å²) in [5.41, 5.74) is 8.61. The summed E-state index contributed by atoms with van der Waals surface area (Å²) in [6.07, 6.45) is 2.24. The highest BCUT2D eigenvalue weighted by atomic mass is 16.5.